The first-order valence-electron chi connectivity index (χ1n) is 6.06. The fourth-order valence-electron chi connectivity index (χ4n) is 1.62. The number of aromatic nitrogens is 3. The quantitative estimate of drug-likeness (QED) is 0.891. The molecule has 0 fully saturated rings. The zero-order chi connectivity index (χ0) is 13.2. The molecule has 0 amide bonds. The van der Waals surface area contributed by atoms with Crippen LogP contribution in [0.15, 0.2) is 23.0 Å². The predicted octanol–water partition coefficient (Wildman–Crippen LogP) is 1.93. The van der Waals surface area contributed by atoms with Crippen LogP contribution < -0.4 is 5.73 Å². The van der Waals surface area contributed by atoms with Gasteiger partial charge in [0.2, 0.25) is 11.7 Å². The minimum Gasteiger partial charge on any atom is -0.338 e. The number of hydrogen-bond donors (Lipinski definition) is 1. The van der Waals surface area contributed by atoms with E-state index >= 15 is 0 Å². The Labute approximate surface area is 106 Å². The van der Waals surface area contributed by atoms with E-state index in [1.165, 1.54) is 0 Å². The standard InChI is InChI=1S/C13H18N4O/c1-4-9-7-15-6-5-10(9)11-16-12(18-17-11)13(2,3)8-14/h5-7H,4,8,14H2,1-3H3. The zero-order valence-electron chi connectivity index (χ0n) is 11.0. The van der Waals surface area contributed by atoms with Crippen molar-refractivity contribution >= 4 is 0 Å². The summed E-state index contributed by atoms with van der Waals surface area (Å²) in [6.45, 7) is 6.51. The van der Waals surface area contributed by atoms with Crippen molar-refractivity contribution in [2.24, 2.45) is 5.73 Å². The summed E-state index contributed by atoms with van der Waals surface area (Å²) in [5, 5.41) is 4.04. The van der Waals surface area contributed by atoms with Gasteiger partial charge in [-0.3, -0.25) is 4.98 Å². The Kier molecular flexibility index (Phi) is 3.43. The van der Waals surface area contributed by atoms with E-state index in [1.54, 1.807) is 6.20 Å². The zero-order valence-corrected chi connectivity index (χ0v) is 11.0. The summed E-state index contributed by atoms with van der Waals surface area (Å²) in [7, 11) is 0. The van der Waals surface area contributed by atoms with Crippen LogP contribution in [0.4, 0.5) is 0 Å². The first kappa shape index (κ1) is 12.7. The highest BCUT2D eigenvalue weighted by molar-refractivity contribution is 5.58. The molecule has 0 atom stereocenters. The maximum Gasteiger partial charge on any atom is 0.233 e. The lowest BCUT2D eigenvalue weighted by Gasteiger charge is -2.15. The minimum absolute atomic E-state index is 0.301. The molecular weight excluding hydrogens is 228 g/mol. The van der Waals surface area contributed by atoms with E-state index < -0.39 is 0 Å². The van der Waals surface area contributed by atoms with Gasteiger partial charge in [0.25, 0.3) is 0 Å². The lowest BCUT2D eigenvalue weighted by atomic mass is 9.94. The van der Waals surface area contributed by atoms with E-state index in [0.717, 1.165) is 17.5 Å². The second kappa shape index (κ2) is 4.86. The Bertz CT molecular complexity index is 533. The number of aryl methyl sites for hydroxylation is 1. The highest BCUT2D eigenvalue weighted by atomic mass is 16.5. The second-order valence-corrected chi connectivity index (χ2v) is 4.90. The van der Waals surface area contributed by atoms with Gasteiger partial charge in [-0.1, -0.05) is 12.1 Å². The second-order valence-electron chi connectivity index (χ2n) is 4.90. The van der Waals surface area contributed by atoms with Gasteiger partial charge in [-0.15, -0.1) is 0 Å². The first-order chi connectivity index (χ1) is 8.58. The van der Waals surface area contributed by atoms with Gasteiger partial charge in [0.05, 0.1) is 5.41 Å². The van der Waals surface area contributed by atoms with Crippen LogP contribution >= 0.6 is 0 Å². The van der Waals surface area contributed by atoms with Crippen LogP contribution in [0, 0.1) is 0 Å². The lowest BCUT2D eigenvalue weighted by molar-refractivity contribution is 0.311. The number of hydrogen-bond acceptors (Lipinski definition) is 5. The predicted molar refractivity (Wildman–Crippen MR) is 69.0 cm³/mol. The molecule has 2 aromatic heterocycles. The van der Waals surface area contributed by atoms with Gasteiger partial charge in [-0.2, -0.15) is 4.98 Å². The van der Waals surface area contributed by atoms with Crippen molar-refractivity contribution in [3.63, 3.8) is 0 Å². The molecule has 18 heavy (non-hydrogen) atoms. The minimum atomic E-state index is -0.301. The van der Waals surface area contributed by atoms with Crippen LogP contribution in [0.2, 0.25) is 0 Å². The summed E-state index contributed by atoms with van der Waals surface area (Å²) in [5.41, 5.74) is 7.48. The largest absolute Gasteiger partial charge is 0.338 e. The van der Waals surface area contributed by atoms with Gasteiger partial charge < -0.3 is 10.3 Å². The van der Waals surface area contributed by atoms with Crippen LogP contribution in [0.5, 0.6) is 0 Å². The Morgan fingerprint density at radius 1 is 1.39 bits per heavy atom. The van der Waals surface area contributed by atoms with Gasteiger partial charge in [0.1, 0.15) is 0 Å². The van der Waals surface area contributed by atoms with Crippen LogP contribution in [0.25, 0.3) is 11.4 Å². The summed E-state index contributed by atoms with van der Waals surface area (Å²) >= 11 is 0. The Morgan fingerprint density at radius 2 is 2.17 bits per heavy atom. The fourth-order valence-corrected chi connectivity index (χ4v) is 1.62. The molecule has 96 valence electrons. The van der Waals surface area contributed by atoms with Gasteiger partial charge >= 0.3 is 0 Å². The number of rotatable bonds is 4. The van der Waals surface area contributed by atoms with E-state index in [-0.39, 0.29) is 5.41 Å². The Morgan fingerprint density at radius 3 is 2.83 bits per heavy atom. The molecule has 2 heterocycles. The Balaban J connectivity index is 2.41. The van der Waals surface area contributed by atoms with Crippen molar-refractivity contribution in [2.75, 3.05) is 6.54 Å². The average Bonchev–Trinajstić information content (AvgIpc) is 2.89. The molecule has 2 N–H and O–H groups in total. The number of nitrogens with two attached hydrogens (primary N) is 1. The van der Waals surface area contributed by atoms with Crippen LogP contribution in [0.3, 0.4) is 0 Å². The van der Waals surface area contributed by atoms with Gasteiger partial charge in [0, 0.05) is 24.5 Å². The molecule has 0 aliphatic rings. The van der Waals surface area contributed by atoms with Crippen molar-refractivity contribution < 1.29 is 4.52 Å². The molecule has 5 heteroatoms. The molecule has 0 saturated heterocycles. The molecule has 0 bridgehead atoms. The van der Waals surface area contributed by atoms with Crippen molar-refractivity contribution in [2.45, 2.75) is 32.6 Å². The summed E-state index contributed by atoms with van der Waals surface area (Å²) in [4.78, 5) is 8.55. The molecule has 0 aromatic carbocycles. The monoisotopic (exact) mass is 246 g/mol. The van der Waals surface area contributed by atoms with Gasteiger partial charge in [0.15, 0.2) is 0 Å². The molecule has 0 aliphatic carbocycles. The maximum atomic E-state index is 5.70. The molecule has 5 nitrogen and oxygen atoms in total. The highest BCUT2D eigenvalue weighted by Crippen LogP contribution is 2.25. The summed E-state index contributed by atoms with van der Waals surface area (Å²) < 4.78 is 5.31. The van der Waals surface area contributed by atoms with Crippen molar-refractivity contribution in [3.8, 4) is 11.4 Å². The van der Waals surface area contributed by atoms with Crippen LogP contribution in [-0.4, -0.2) is 21.7 Å². The first-order valence-corrected chi connectivity index (χ1v) is 6.06. The molecule has 0 spiro atoms. The molecular formula is C13H18N4O. The van der Waals surface area contributed by atoms with Crippen molar-refractivity contribution in [1.29, 1.82) is 0 Å². The van der Waals surface area contributed by atoms with Crippen molar-refractivity contribution in [3.05, 3.63) is 29.9 Å². The maximum absolute atomic E-state index is 5.70. The molecule has 2 rings (SSSR count). The van der Waals surface area contributed by atoms with E-state index in [4.69, 9.17) is 10.3 Å². The number of nitrogens with zero attached hydrogens (tertiary/aromatic N) is 3. The third kappa shape index (κ3) is 2.26. The van der Waals surface area contributed by atoms with Gasteiger partial charge in [-0.05, 0) is 31.9 Å². The Hall–Kier alpha value is -1.75. The highest BCUT2D eigenvalue weighted by Gasteiger charge is 2.26. The lowest BCUT2D eigenvalue weighted by Crippen LogP contribution is -2.28. The fraction of sp³-hybridized carbons (Fsp3) is 0.462. The average molecular weight is 246 g/mol. The van der Waals surface area contributed by atoms with Crippen molar-refractivity contribution in [1.82, 2.24) is 15.1 Å². The van der Waals surface area contributed by atoms with E-state index in [0.29, 0.717) is 18.3 Å². The summed E-state index contributed by atoms with van der Waals surface area (Å²) in [6.07, 6.45) is 4.45. The molecule has 0 aliphatic heterocycles. The smallest absolute Gasteiger partial charge is 0.233 e. The summed E-state index contributed by atoms with van der Waals surface area (Å²) in [5.74, 6) is 1.17. The van der Waals surface area contributed by atoms with E-state index in [2.05, 4.69) is 22.0 Å². The number of pyridine rings is 1. The van der Waals surface area contributed by atoms with E-state index in [9.17, 15) is 0 Å². The third-order valence-electron chi connectivity index (χ3n) is 3.04. The molecule has 0 saturated carbocycles. The third-order valence-corrected chi connectivity index (χ3v) is 3.04. The molecule has 2 aromatic rings. The van der Waals surface area contributed by atoms with Crippen LogP contribution in [-0.2, 0) is 11.8 Å². The van der Waals surface area contributed by atoms with Crippen LogP contribution in [0.1, 0.15) is 32.2 Å². The topological polar surface area (TPSA) is 77.8 Å². The van der Waals surface area contributed by atoms with Gasteiger partial charge in [-0.25, -0.2) is 0 Å². The van der Waals surface area contributed by atoms with E-state index in [1.807, 2.05) is 26.1 Å². The normalized spacial score (nSPS) is 11.8. The SMILES string of the molecule is CCc1cnccc1-c1noc(C(C)(C)CN)n1. The molecule has 0 radical (unpaired) electrons. The molecule has 0 unspecified atom stereocenters. The summed E-state index contributed by atoms with van der Waals surface area (Å²) in [6, 6.07) is 1.91.